The lowest BCUT2D eigenvalue weighted by molar-refractivity contribution is -0.152. The minimum atomic E-state index is -3.38. The Kier molecular flexibility index (Phi) is 3.95. The summed E-state index contributed by atoms with van der Waals surface area (Å²) in [4.78, 5) is 27.9. The van der Waals surface area contributed by atoms with Crippen LogP contribution in [0.5, 0.6) is 0 Å². The first-order valence-electron chi connectivity index (χ1n) is 5.67. The summed E-state index contributed by atoms with van der Waals surface area (Å²) in [7, 11) is -3.38. The number of aromatic nitrogens is 1. The van der Waals surface area contributed by atoms with Crippen LogP contribution < -0.4 is 4.72 Å². The van der Waals surface area contributed by atoms with Crippen molar-refractivity contribution in [2.75, 3.05) is 24.1 Å². The van der Waals surface area contributed by atoms with Gasteiger partial charge in [0, 0.05) is 18.5 Å². The van der Waals surface area contributed by atoms with Gasteiger partial charge in [-0.25, -0.2) is 13.4 Å². The summed E-state index contributed by atoms with van der Waals surface area (Å²) >= 11 is 1.09. The Morgan fingerprint density at radius 3 is 2.75 bits per heavy atom. The van der Waals surface area contributed by atoms with E-state index in [2.05, 4.69) is 9.71 Å². The van der Waals surface area contributed by atoms with Gasteiger partial charge in [-0.05, 0) is 0 Å². The van der Waals surface area contributed by atoms with Crippen molar-refractivity contribution in [3.05, 3.63) is 11.1 Å². The van der Waals surface area contributed by atoms with Gasteiger partial charge in [0.25, 0.3) is 0 Å². The van der Waals surface area contributed by atoms with Gasteiger partial charge >= 0.3 is 5.97 Å². The maximum atomic E-state index is 11.8. The smallest absolute Gasteiger partial charge is 0.310 e. The Balaban J connectivity index is 1.88. The maximum absolute atomic E-state index is 11.8. The van der Waals surface area contributed by atoms with Crippen LogP contribution in [-0.4, -0.2) is 54.6 Å². The third-order valence-corrected chi connectivity index (χ3v) is 4.24. The van der Waals surface area contributed by atoms with E-state index in [9.17, 15) is 18.0 Å². The number of anilines is 1. The first-order chi connectivity index (χ1) is 9.24. The number of nitrogens with one attached hydrogen (secondary N) is 1. The number of aliphatic carboxylic acids is 1. The lowest BCUT2D eigenvalue weighted by Gasteiger charge is -2.36. The summed E-state index contributed by atoms with van der Waals surface area (Å²) < 4.78 is 24.3. The molecule has 0 saturated carbocycles. The SMILES string of the molecule is CS(=O)(=O)Nc1nc(CC(=O)N2CC(C(=O)O)C2)cs1. The molecule has 1 amide bonds. The lowest BCUT2D eigenvalue weighted by atomic mass is 10.00. The number of nitrogens with zero attached hydrogens (tertiary/aromatic N) is 2. The van der Waals surface area contributed by atoms with E-state index < -0.39 is 21.9 Å². The van der Waals surface area contributed by atoms with Crippen LogP contribution in [0.25, 0.3) is 0 Å². The summed E-state index contributed by atoms with van der Waals surface area (Å²) in [6.07, 6.45) is 1.06. The van der Waals surface area contributed by atoms with E-state index in [0.717, 1.165) is 17.6 Å². The van der Waals surface area contributed by atoms with Crippen LogP contribution in [0.3, 0.4) is 0 Å². The molecule has 0 unspecified atom stereocenters. The minimum absolute atomic E-state index is 0.0360. The predicted molar refractivity (Wildman–Crippen MR) is 72.0 cm³/mol. The summed E-state index contributed by atoms with van der Waals surface area (Å²) in [5, 5.41) is 10.5. The zero-order chi connectivity index (χ0) is 14.9. The molecular weight excluding hydrogens is 306 g/mol. The Morgan fingerprint density at radius 1 is 1.55 bits per heavy atom. The van der Waals surface area contributed by atoms with Gasteiger partial charge in [0.1, 0.15) is 0 Å². The molecular formula is C10H13N3O5S2. The second-order valence-electron chi connectivity index (χ2n) is 4.53. The van der Waals surface area contributed by atoms with Gasteiger partial charge in [0.05, 0.1) is 24.3 Å². The molecule has 0 bridgehead atoms. The molecule has 0 radical (unpaired) electrons. The fourth-order valence-electron chi connectivity index (χ4n) is 1.70. The van der Waals surface area contributed by atoms with Crippen molar-refractivity contribution in [1.29, 1.82) is 0 Å². The summed E-state index contributed by atoms with van der Waals surface area (Å²) in [6, 6.07) is 0. The Hall–Kier alpha value is -1.68. The van der Waals surface area contributed by atoms with Gasteiger partial charge in [-0.3, -0.25) is 14.3 Å². The molecule has 20 heavy (non-hydrogen) atoms. The molecule has 1 aliphatic heterocycles. The molecule has 2 rings (SSSR count). The Morgan fingerprint density at radius 2 is 2.20 bits per heavy atom. The van der Waals surface area contributed by atoms with E-state index in [1.54, 1.807) is 5.38 Å². The summed E-state index contributed by atoms with van der Waals surface area (Å²) in [6.45, 7) is 0.430. The van der Waals surface area contributed by atoms with Crippen molar-refractivity contribution in [2.24, 2.45) is 5.92 Å². The fraction of sp³-hybridized carbons (Fsp3) is 0.500. The third-order valence-electron chi connectivity index (χ3n) is 2.74. The van der Waals surface area contributed by atoms with Crippen molar-refractivity contribution in [3.63, 3.8) is 0 Å². The second-order valence-corrected chi connectivity index (χ2v) is 7.14. The molecule has 10 heteroatoms. The number of thiazole rings is 1. The van der Waals surface area contributed by atoms with Crippen molar-refractivity contribution in [2.45, 2.75) is 6.42 Å². The predicted octanol–water partition coefficient (Wildman–Crippen LogP) is -0.400. The molecule has 0 spiro atoms. The molecule has 1 fully saturated rings. The number of rotatable bonds is 5. The molecule has 2 heterocycles. The van der Waals surface area contributed by atoms with Crippen molar-refractivity contribution in [3.8, 4) is 0 Å². The molecule has 1 aromatic rings. The number of likely N-dealkylation sites (tertiary alicyclic amines) is 1. The van der Waals surface area contributed by atoms with E-state index in [1.165, 1.54) is 4.90 Å². The Labute approximate surface area is 119 Å². The number of carbonyl (C=O) groups is 2. The van der Waals surface area contributed by atoms with E-state index in [-0.39, 0.29) is 30.5 Å². The highest BCUT2D eigenvalue weighted by Gasteiger charge is 2.35. The monoisotopic (exact) mass is 319 g/mol. The average molecular weight is 319 g/mol. The quantitative estimate of drug-likeness (QED) is 0.763. The largest absolute Gasteiger partial charge is 0.481 e. The molecule has 0 aliphatic carbocycles. The van der Waals surface area contributed by atoms with Crippen LogP contribution in [0.2, 0.25) is 0 Å². The van der Waals surface area contributed by atoms with Crippen molar-refractivity contribution >= 4 is 38.4 Å². The highest BCUT2D eigenvalue weighted by Crippen LogP contribution is 2.20. The van der Waals surface area contributed by atoms with Crippen LogP contribution in [0.15, 0.2) is 5.38 Å². The van der Waals surface area contributed by atoms with E-state index in [1.807, 2.05) is 0 Å². The van der Waals surface area contributed by atoms with Gasteiger partial charge in [-0.15, -0.1) is 11.3 Å². The van der Waals surface area contributed by atoms with E-state index in [4.69, 9.17) is 5.11 Å². The standard InChI is InChI=1S/C10H13N3O5S2/c1-20(17,18)12-10-11-7(5-19-10)2-8(14)13-3-6(4-13)9(15)16/h5-6H,2-4H2,1H3,(H,11,12)(H,15,16). The second kappa shape index (κ2) is 5.37. The fourth-order valence-corrected chi connectivity index (χ4v) is 3.26. The third kappa shape index (κ3) is 3.67. The van der Waals surface area contributed by atoms with E-state index in [0.29, 0.717) is 5.69 Å². The van der Waals surface area contributed by atoms with Gasteiger partial charge in [-0.2, -0.15) is 0 Å². The number of carboxylic acid groups (broad SMARTS) is 1. The summed E-state index contributed by atoms with van der Waals surface area (Å²) in [5.74, 6) is -1.60. The highest BCUT2D eigenvalue weighted by atomic mass is 32.2. The van der Waals surface area contributed by atoms with Gasteiger partial charge in [0.2, 0.25) is 15.9 Å². The summed E-state index contributed by atoms with van der Waals surface area (Å²) in [5.41, 5.74) is 0.463. The van der Waals surface area contributed by atoms with Gasteiger partial charge in [0.15, 0.2) is 5.13 Å². The molecule has 1 aromatic heterocycles. The molecule has 8 nitrogen and oxygen atoms in total. The zero-order valence-corrected chi connectivity index (χ0v) is 12.2. The van der Waals surface area contributed by atoms with E-state index >= 15 is 0 Å². The molecule has 2 N–H and O–H groups in total. The van der Waals surface area contributed by atoms with Crippen molar-refractivity contribution < 1.29 is 23.1 Å². The molecule has 1 saturated heterocycles. The number of carbonyl (C=O) groups excluding carboxylic acids is 1. The van der Waals surface area contributed by atoms with Crippen LogP contribution in [0.4, 0.5) is 5.13 Å². The minimum Gasteiger partial charge on any atom is -0.481 e. The van der Waals surface area contributed by atoms with Crippen molar-refractivity contribution in [1.82, 2.24) is 9.88 Å². The van der Waals surface area contributed by atoms with Crippen LogP contribution in [0.1, 0.15) is 5.69 Å². The number of carboxylic acids is 1. The molecule has 0 atom stereocenters. The average Bonchev–Trinajstić information content (AvgIpc) is 2.59. The molecule has 110 valence electrons. The molecule has 1 aliphatic rings. The zero-order valence-electron chi connectivity index (χ0n) is 10.6. The Bertz CT molecular complexity index is 633. The van der Waals surface area contributed by atoms with Gasteiger partial charge in [-0.1, -0.05) is 0 Å². The number of amides is 1. The first-order valence-corrected chi connectivity index (χ1v) is 8.44. The highest BCUT2D eigenvalue weighted by molar-refractivity contribution is 7.92. The maximum Gasteiger partial charge on any atom is 0.310 e. The van der Waals surface area contributed by atoms with Crippen LogP contribution in [0, 0.1) is 5.92 Å². The number of hydrogen-bond donors (Lipinski definition) is 2. The first kappa shape index (κ1) is 14.7. The molecule has 0 aromatic carbocycles. The topological polar surface area (TPSA) is 117 Å². The lowest BCUT2D eigenvalue weighted by Crippen LogP contribution is -2.53. The van der Waals surface area contributed by atoms with Crippen LogP contribution in [-0.2, 0) is 26.0 Å². The van der Waals surface area contributed by atoms with Gasteiger partial charge < -0.3 is 10.0 Å². The van der Waals surface area contributed by atoms with Crippen LogP contribution >= 0.6 is 11.3 Å². The number of sulfonamides is 1. The number of hydrogen-bond acceptors (Lipinski definition) is 6. The normalized spacial score (nSPS) is 15.8.